The summed E-state index contributed by atoms with van der Waals surface area (Å²) in [5.41, 5.74) is 8.17. The third-order valence-electron chi connectivity index (χ3n) is 6.58. The number of benzene rings is 2. The maximum absolute atomic E-state index is 6.55. The van der Waals surface area contributed by atoms with Gasteiger partial charge in [0.05, 0.1) is 22.1 Å². The van der Waals surface area contributed by atoms with Gasteiger partial charge in [0.2, 0.25) is 0 Å². The molecule has 0 aliphatic heterocycles. The largest absolute Gasteiger partial charge is 0.464 e. The van der Waals surface area contributed by atoms with Crippen LogP contribution in [0.25, 0.3) is 44.0 Å². The fourth-order valence-corrected chi connectivity index (χ4v) is 6.83. The van der Waals surface area contributed by atoms with E-state index in [4.69, 9.17) is 9.40 Å². The van der Waals surface area contributed by atoms with E-state index < -0.39 is 8.07 Å². The monoisotopic (exact) mass is 440 g/mol. The van der Waals surface area contributed by atoms with Gasteiger partial charge in [0.1, 0.15) is 8.07 Å². The van der Waals surface area contributed by atoms with E-state index in [-0.39, 0.29) is 5.41 Å². The molecule has 2 aromatic carbocycles. The predicted octanol–water partition coefficient (Wildman–Crippen LogP) is 7.29. The Morgan fingerprint density at radius 3 is 2.34 bits per heavy atom. The van der Waals surface area contributed by atoms with Gasteiger partial charge in [0.25, 0.3) is 0 Å². The summed E-state index contributed by atoms with van der Waals surface area (Å²) in [6, 6.07) is 15.4. The molecule has 3 aromatic heterocycles. The number of aromatic nitrogens is 2. The molecule has 5 aromatic rings. The number of hydrogen-bond donors (Lipinski definition) is 0. The van der Waals surface area contributed by atoms with Gasteiger partial charge in [-0.1, -0.05) is 64.7 Å². The van der Waals surface area contributed by atoms with Crippen molar-refractivity contribution in [2.24, 2.45) is 7.05 Å². The van der Waals surface area contributed by atoms with Crippen molar-refractivity contribution < 1.29 is 4.42 Å². The normalized spacial score (nSPS) is 13.0. The van der Waals surface area contributed by atoms with Crippen LogP contribution in [0, 0.1) is 6.92 Å². The number of fused-ring (bicyclic) bond motifs is 4. The third-order valence-corrected chi connectivity index (χ3v) is 8.42. The van der Waals surface area contributed by atoms with Crippen molar-refractivity contribution in [1.82, 2.24) is 9.55 Å². The zero-order valence-electron chi connectivity index (χ0n) is 20.4. The summed E-state index contributed by atoms with van der Waals surface area (Å²) < 4.78 is 8.84. The Kier molecular flexibility index (Phi) is 4.48. The Balaban J connectivity index is 1.86. The van der Waals surface area contributed by atoms with Crippen molar-refractivity contribution in [3.8, 4) is 11.3 Å². The molecule has 0 saturated heterocycles. The Morgan fingerprint density at radius 1 is 0.938 bits per heavy atom. The van der Waals surface area contributed by atoms with Crippen LogP contribution in [0.2, 0.25) is 19.6 Å². The van der Waals surface area contributed by atoms with Crippen LogP contribution in [-0.2, 0) is 12.5 Å². The number of pyridine rings is 1. The summed E-state index contributed by atoms with van der Waals surface area (Å²) in [4.78, 5) is 4.89. The van der Waals surface area contributed by atoms with Crippen molar-refractivity contribution in [2.45, 2.75) is 52.8 Å². The lowest BCUT2D eigenvalue weighted by atomic mass is 9.82. The van der Waals surface area contributed by atoms with E-state index >= 15 is 0 Å². The second-order valence-electron chi connectivity index (χ2n) is 11.1. The first-order chi connectivity index (χ1) is 15.0. The molecule has 0 aliphatic rings. The lowest BCUT2D eigenvalue weighted by Crippen LogP contribution is -2.38. The number of aryl methyl sites for hydroxylation is 2. The molecule has 0 bridgehead atoms. The predicted molar refractivity (Wildman–Crippen MR) is 140 cm³/mol. The summed E-state index contributed by atoms with van der Waals surface area (Å²) in [6.07, 6.45) is 1.93. The molecule has 5 rings (SSSR count). The lowest BCUT2D eigenvalue weighted by molar-refractivity contribution is 0.596. The quantitative estimate of drug-likeness (QED) is 0.270. The van der Waals surface area contributed by atoms with Crippen LogP contribution in [0.1, 0.15) is 31.9 Å². The summed E-state index contributed by atoms with van der Waals surface area (Å²) in [5, 5.41) is 4.90. The van der Waals surface area contributed by atoms with Crippen LogP contribution in [0.5, 0.6) is 0 Å². The number of rotatable bonds is 2. The first-order valence-electron chi connectivity index (χ1n) is 11.4. The molecule has 0 aliphatic carbocycles. The summed E-state index contributed by atoms with van der Waals surface area (Å²) >= 11 is 0. The summed E-state index contributed by atoms with van der Waals surface area (Å²) in [7, 11) is 0.584. The Labute approximate surface area is 191 Å². The fraction of sp³-hybridized carbons (Fsp3) is 0.321. The van der Waals surface area contributed by atoms with Gasteiger partial charge in [0.15, 0.2) is 5.58 Å². The van der Waals surface area contributed by atoms with Crippen molar-refractivity contribution >= 4 is 46.2 Å². The molecule has 0 unspecified atom stereocenters. The van der Waals surface area contributed by atoms with Gasteiger partial charge in [-0.15, -0.1) is 0 Å². The van der Waals surface area contributed by atoms with E-state index in [9.17, 15) is 0 Å². The molecule has 164 valence electrons. The van der Waals surface area contributed by atoms with E-state index in [0.717, 1.165) is 27.7 Å². The van der Waals surface area contributed by atoms with Crippen LogP contribution >= 0.6 is 0 Å². The van der Waals surface area contributed by atoms with Crippen LogP contribution in [-0.4, -0.2) is 17.6 Å². The summed E-state index contributed by atoms with van der Waals surface area (Å²) in [6.45, 7) is 16.1. The lowest BCUT2D eigenvalue weighted by Gasteiger charge is -2.23. The second kappa shape index (κ2) is 6.82. The number of nitrogens with zero attached hydrogens (tertiary/aromatic N) is 2. The van der Waals surface area contributed by atoms with E-state index in [0.29, 0.717) is 0 Å². The molecule has 4 heteroatoms. The molecule has 0 atom stereocenters. The molecule has 0 amide bonds. The highest BCUT2D eigenvalue weighted by Gasteiger charge is 2.29. The Bertz CT molecular complexity index is 1510. The Morgan fingerprint density at radius 2 is 1.66 bits per heavy atom. The van der Waals surface area contributed by atoms with Crippen molar-refractivity contribution in [1.29, 1.82) is 0 Å². The third kappa shape index (κ3) is 3.04. The molecule has 0 spiro atoms. The number of hydrogen-bond acceptors (Lipinski definition) is 2. The summed E-state index contributed by atoms with van der Waals surface area (Å²) in [5.74, 6) is 0. The topological polar surface area (TPSA) is 31.0 Å². The highest BCUT2D eigenvalue weighted by molar-refractivity contribution is 6.88. The van der Waals surface area contributed by atoms with Gasteiger partial charge in [0, 0.05) is 29.8 Å². The standard InChI is InChI=1S/C28H32N2OSi/c1-17-24-26(31-27(17)32(6,7)8)21-13-14-29-23(25(21)30(24)5)19-15-18-11-9-10-12-20(18)22(16-19)28(2,3)4/h9-16H,1-8H3. The second-order valence-corrected chi connectivity index (χ2v) is 16.0. The Hall–Kier alpha value is -2.85. The van der Waals surface area contributed by atoms with Gasteiger partial charge < -0.3 is 8.98 Å². The molecular formula is C28H32N2OSi. The molecule has 0 saturated carbocycles. The van der Waals surface area contributed by atoms with Crippen LogP contribution < -0.4 is 5.38 Å². The smallest absolute Gasteiger partial charge is 0.159 e. The van der Waals surface area contributed by atoms with Crippen LogP contribution in [0.4, 0.5) is 0 Å². The minimum absolute atomic E-state index is 0.0359. The van der Waals surface area contributed by atoms with Gasteiger partial charge in [-0.05, 0) is 46.9 Å². The van der Waals surface area contributed by atoms with Gasteiger partial charge in [-0.2, -0.15) is 0 Å². The van der Waals surface area contributed by atoms with E-state index in [2.05, 4.69) is 101 Å². The van der Waals surface area contributed by atoms with E-state index in [1.165, 1.54) is 32.8 Å². The number of furan rings is 1. The highest BCUT2D eigenvalue weighted by atomic mass is 28.3. The van der Waals surface area contributed by atoms with E-state index in [1.807, 2.05) is 6.20 Å². The average molecular weight is 441 g/mol. The highest BCUT2D eigenvalue weighted by Crippen LogP contribution is 2.39. The van der Waals surface area contributed by atoms with Gasteiger partial charge in [-0.25, -0.2) is 0 Å². The molecule has 0 fully saturated rings. The van der Waals surface area contributed by atoms with Gasteiger partial charge in [-0.3, -0.25) is 4.98 Å². The van der Waals surface area contributed by atoms with Crippen LogP contribution in [0.15, 0.2) is 53.1 Å². The first-order valence-corrected chi connectivity index (χ1v) is 14.9. The van der Waals surface area contributed by atoms with Crippen molar-refractivity contribution in [2.75, 3.05) is 0 Å². The van der Waals surface area contributed by atoms with Crippen molar-refractivity contribution in [3.05, 3.63) is 59.8 Å². The first kappa shape index (κ1) is 21.0. The molecule has 0 radical (unpaired) electrons. The average Bonchev–Trinajstić information content (AvgIpc) is 3.22. The minimum Gasteiger partial charge on any atom is -0.464 e. The minimum atomic E-state index is -1.57. The zero-order valence-corrected chi connectivity index (χ0v) is 21.4. The molecule has 3 heterocycles. The molecule has 3 nitrogen and oxygen atoms in total. The van der Waals surface area contributed by atoms with Crippen molar-refractivity contribution in [3.63, 3.8) is 0 Å². The SMILES string of the molecule is Cc1c([Si](C)(C)C)oc2c3ccnc(-c4cc(C(C)(C)C)c5ccccc5c4)c3n(C)c12. The molecule has 32 heavy (non-hydrogen) atoms. The van der Waals surface area contributed by atoms with E-state index in [1.54, 1.807) is 0 Å². The maximum Gasteiger partial charge on any atom is 0.159 e. The molecular weight excluding hydrogens is 408 g/mol. The fourth-order valence-electron chi connectivity index (χ4n) is 5.17. The molecule has 0 N–H and O–H groups in total. The maximum atomic E-state index is 6.55. The van der Waals surface area contributed by atoms with Gasteiger partial charge >= 0.3 is 0 Å². The van der Waals surface area contributed by atoms with Crippen LogP contribution in [0.3, 0.4) is 0 Å². The zero-order chi connectivity index (χ0) is 23.0.